The molecule has 5 atom stereocenters. The predicted molar refractivity (Wildman–Crippen MR) is 144 cm³/mol. The average Bonchev–Trinajstić information content (AvgIpc) is 3.10. The van der Waals surface area contributed by atoms with Crippen molar-refractivity contribution in [2.45, 2.75) is 71.6 Å². The van der Waals surface area contributed by atoms with E-state index in [-0.39, 0.29) is 31.2 Å². The van der Waals surface area contributed by atoms with Crippen LogP contribution in [0.1, 0.15) is 53.4 Å². The van der Waals surface area contributed by atoms with Crippen molar-refractivity contribution in [3.63, 3.8) is 0 Å². The normalized spacial score (nSPS) is 21.5. The first-order valence-corrected chi connectivity index (χ1v) is 13.4. The summed E-state index contributed by atoms with van der Waals surface area (Å²) in [6, 6.07) is 6.77. The van der Waals surface area contributed by atoms with Crippen LogP contribution in [-0.4, -0.2) is 65.7 Å². The zero-order valence-corrected chi connectivity index (χ0v) is 23.1. The number of carbonyl (C=O) groups is 5. The van der Waals surface area contributed by atoms with Crippen molar-refractivity contribution in [1.29, 1.82) is 0 Å². The lowest BCUT2D eigenvalue weighted by Gasteiger charge is -2.29. The van der Waals surface area contributed by atoms with Crippen molar-refractivity contribution in [3.8, 4) is 5.75 Å². The zero-order chi connectivity index (χ0) is 29.3. The van der Waals surface area contributed by atoms with Crippen LogP contribution in [0.2, 0.25) is 0 Å². The van der Waals surface area contributed by atoms with Gasteiger partial charge in [0.1, 0.15) is 5.75 Å². The molecule has 0 aliphatic heterocycles. The van der Waals surface area contributed by atoms with Crippen LogP contribution in [0, 0.1) is 23.2 Å². The maximum atomic E-state index is 13.4. The monoisotopic (exact) mass is 546 g/mol. The topological polar surface area (TPSA) is 191 Å². The quantitative estimate of drug-likeness (QED) is 0.206. The first-order chi connectivity index (χ1) is 18.3. The number of rotatable bonds is 14. The molecule has 1 saturated carbocycles. The Morgan fingerprint density at radius 1 is 1.10 bits per heavy atom. The molecule has 0 heterocycles. The van der Waals surface area contributed by atoms with E-state index in [1.54, 1.807) is 44.2 Å². The second kappa shape index (κ2) is 14.3. The molecular formula is C28H42N4O7. The Kier molecular flexibility index (Phi) is 11.8. The molecule has 0 spiro atoms. The van der Waals surface area contributed by atoms with Crippen LogP contribution in [0.4, 0.5) is 0 Å². The Bertz CT molecular complexity index is 1030. The van der Waals surface area contributed by atoms with Crippen LogP contribution in [0.3, 0.4) is 0 Å². The highest BCUT2D eigenvalue weighted by molar-refractivity contribution is 6.31. The predicted octanol–water partition coefficient (Wildman–Crippen LogP) is 0.467. The molecule has 1 aromatic carbocycles. The highest BCUT2D eigenvalue weighted by Gasteiger charge is 2.60. The van der Waals surface area contributed by atoms with Crippen LogP contribution in [-0.2, 0) is 24.0 Å². The van der Waals surface area contributed by atoms with E-state index >= 15 is 0 Å². The summed E-state index contributed by atoms with van der Waals surface area (Å²) in [5, 5.41) is 15.3. The van der Waals surface area contributed by atoms with Crippen molar-refractivity contribution >= 4 is 29.3 Å². The summed E-state index contributed by atoms with van der Waals surface area (Å²) >= 11 is 0. The molecule has 1 aliphatic rings. The van der Waals surface area contributed by atoms with Crippen LogP contribution in [0.5, 0.6) is 5.75 Å². The molecule has 216 valence electrons. The zero-order valence-electron chi connectivity index (χ0n) is 23.1. The molecule has 11 nitrogen and oxygen atoms in total. The van der Waals surface area contributed by atoms with Gasteiger partial charge in [-0.1, -0.05) is 45.9 Å². The number of Topliss-reactive ketones (excluding diaryl/α,β-unsaturated/α-hetero) is 2. The maximum Gasteiger partial charge on any atom is 0.258 e. The molecule has 1 aromatic rings. The third kappa shape index (κ3) is 8.17. The molecule has 1 aliphatic carbocycles. The van der Waals surface area contributed by atoms with E-state index in [2.05, 4.69) is 10.6 Å². The van der Waals surface area contributed by atoms with Gasteiger partial charge in [-0.15, -0.1) is 0 Å². The van der Waals surface area contributed by atoms with Gasteiger partial charge in [-0.25, -0.2) is 0 Å². The number of nitrogens with two attached hydrogens (primary N) is 2. The SMILES string of the molecule is CC(C)C[C@H](N)[C@@H](O)CC(C(=O)NC(=O)[C@@]1(CCN)C(=O)C[C@H](NC(=O)COc2ccccc2)C1=O)C(C)C. The van der Waals surface area contributed by atoms with E-state index in [1.807, 2.05) is 13.8 Å². The molecule has 7 N–H and O–H groups in total. The Hall–Kier alpha value is -3.15. The van der Waals surface area contributed by atoms with Gasteiger partial charge in [0.2, 0.25) is 11.8 Å². The minimum Gasteiger partial charge on any atom is -0.484 e. The molecule has 0 bridgehead atoms. The summed E-state index contributed by atoms with van der Waals surface area (Å²) in [6.07, 6.45) is -1.14. The van der Waals surface area contributed by atoms with Gasteiger partial charge in [-0.05, 0) is 49.8 Å². The molecular weight excluding hydrogens is 504 g/mol. The van der Waals surface area contributed by atoms with E-state index in [4.69, 9.17) is 16.2 Å². The number of aliphatic hydroxyl groups is 1. The van der Waals surface area contributed by atoms with Gasteiger partial charge in [-0.2, -0.15) is 0 Å². The molecule has 3 amide bonds. The lowest BCUT2D eigenvalue weighted by Crippen LogP contribution is -2.55. The second-order valence-electron chi connectivity index (χ2n) is 10.9. The average molecular weight is 547 g/mol. The van der Waals surface area contributed by atoms with E-state index in [1.165, 1.54) is 0 Å². The number of benzene rings is 1. The number of aliphatic hydroxyl groups excluding tert-OH is 1. The van der Waals surface area contributed by atoms with Gasteiger partial charge in [0.15, 0.2) is 23.6 Å². The molecule has 1 fully saturated rings. The number of hydrogen-bond acceptors (Lipinski definition) is 9. The molecule has 0 radical (unpaired) electrons. The number of imide groups is 1. The Morgan fingerprint density at radius 2 is 1.74 bits per heavy atom. The summed E-state index contributed by atoms with van der Waals surface area (Å²) < 4.78 is 5.38. The molecule has 1 unspecified atom stereocenters. The number of amides is 3. The van der Waals surface area contributed by atoms with Crippen LogP contribution < -0.4 is 26.8 Å². The highest BCUT2D eigenvalue weighted by Crippen LogP contribution is 2.36. The van der Waals surface area contributed by atoms with E-state index in [9.17, 15) is 29.1 Å². The number of carbonyl (C=O) groups excluding carboxylic acids is 5. The molecule has 0 saturated heterocycles. The highest BCUT2D eigenvalue weighted by atomic mass is 16.5. The van der Waals surface area contributed by atoms with Gasteiger partial charge in [0.25, 0.3) is 5.91 Å². The van der Waals surface area contributed by atoms with Crippen LogP contribution in [0.15, 0.2) is 30.3 Å². The lowest BCUT2D eigenvalue weighted by molar-refractivity contribution is -0.149. The number of para-hydroxylation sites is 1. The van der Waals surface area contributed by atoms with Crippen LogP contribution in [0.25, 0.3) is 0 Å². The number of ether oxygens (including phenoxy) is 1. The molecule has 0 aromatic heterocycles. The van der Waals surface area contributed by atoms with Gasteiger partial charge < -0.3 is 26.6 Å². The number of nitrogens with one attached hydrogen (secondary N) is 2. The lowest BCUT2D eigenvalue weighted by atomic mass is 9.79. The number of hydrogen-bond donors (Lipinski definition) is 5. The van der Waals surface area contributed by atoms with E-state index in [0.717, 1.165) is 0 Å². The molecule has 39 heavy (non-hydrogen) atoms. The smallest absolute Gasteiger partial charge is 0.258 e. The fourth-order valence-corrected chi connectivity index (χ4v) is 4.87. The van der Waals surface area contributed by atoms with Crippen molar-refractivity contribution in [2.75, 3.05) is 13.2 Å². The van der Waals surface area contributed by atoms with Gasteiger partial charge in [0, 0.05) is 18.4 Å². The van der Waals surface area contributed by atoms with Gasteiger partial charge in [-0.3, -0.25) is 29.3 Å². The number of ketones is 2. The van der Waals surface area contributed by atoms with Crippen molar-refractivity contribution in [2.24, 2.45) is 34.6 Å². The van der Waals surface area contributed by atoms with Gasteiger partial charge >= 0.3 is 0 Å². The fourth-order valence-electron chi connectivity index (χ4n) is 4.87. The third-order valence-electron chi connectivity index (χ3n) is 7.07. The first kappa shape index (κ1) is 32.1. The summed E-state index contributed by atoms with van der Waals surface area (Å²) in [4.78, 5) is 65.4. The van der Waals surface area contributed by atoms with Crippen LogP contribution >= 0.6 is 0 Å². The largest absolute Gasteiger partial charge is 0.484 e. The summed E-state index contributed by atoms with van der Waals surface area (Å²) in [6.45, 7) is 6.90. The maximum absolute atomic E-state index is 13.4. The molecule has 11 heteroatoms. The summed E-state index contributed by atoms with van der Waals surface area (Å²) in [5.41, 5.74) is 9.55. The van der Waals surface area contributed by atoms with Crippen molar-refractivity contribution in [3.05, 3.63) is 30.3 Å². The van der Waals surface area contributed by atoms with Crippen molar-refractivity contribution < 1.29 is 33.8 Å². The Balaban J connectivity index is 2.12. The minimum atomic E-state index is -2.20. The first-order valence-electron chi connectivity index (χ1n) is 13.4. The Morgan fingerprint density at radius 3 is 2.31 bits per heavy atom. The third-order valence-corrected chi connectivity index (χ3v) is 7.07. The second-order valence-corrected chi connectivity index (χ2v) is 10.9. The minimum absolute atomic E-state index is 0.0105. The van der Waals surface area contributed by atoms with Crippen molar-refractivity contribution in [1.82, 2.24) is 10.6 Å². The fraction of sp³-hybridized carbons (Fsp3) is 0.607. The van der Waals surface area contributed by atoms with E-state index in [0.29, 0.717) is 12.2 Å². The summed E-state index contributed by atoms with van der Waals surface area (Å²) in [7, 11) is 0. The summed E-state index contributed by atoms with van der Waals surface area (Å²) in [5.74, 6) is -4.35. The molecule has 2 rings (SSSR count). The standard InChI is InChI=1S/C28H42N4O7/c1-16(2)12-20(30)22(33)13-19(17(3)4)26(37)32-27(38)28(10-11-29)23(34)14-21(25(28)36)31-24(35)15-39-18-8-6-5-7-9-18/h5-9,16-17,19-22,33H,10-15,29-30H2,1-4H3,(H,31,35)(H,32,37,38)/t19?,20-,21-,22-,28-/m0/s1. The van der Waals surface area contributed by atoms with E-state index < -0.39 is 71.8 Å². The Labute approximate surface area is 229 Å². The van der Waals surface area contributed by atoms with Gasteiger partial charge in [0.05, 0.1) is 12.1 Å².